The van der Waals surface area contributed by atoms with Crippen LogP contribution in [0.15, 0.2) is 0 Å². The van der Waals surface area contributed by atoms with Crippen LogP contribution in [-0.4, -0.2) is 85.5 Å². The second kappa shape index (κ2) is 14.1. The Hall–Kier alpha value is -0.280. The molecule has 0 saturated heterocycles. The fourth-order valence-corrected chi connectivity index (χ4v) is 1.17. The fraction of sp³-hybridized carbons (Fsp3) is 1.00. The maximum Gasteiger partial charge on any atom is 0.100 e. The molecule has 2 unspecified atom stereocenters. The summed E-state index contributed by atoms with van der Waals surface area (Å²) in [6, 6.07) is 0. The molecule has 0 radical (unpaired) electrons. The van der Waals surface area contributed by atoms with Gasteiger partial charge in [-0.2, -0.15) is 0 Å². The first-order chi connectivity index (χ1) is 9.20. The minimum Gasteiger partial charge on any atom is -0.394 e. The van der Waals surface area contributed by atoms with E-state index in [0.717, 1.165) is 12.8 Å². The summed E-state index contributed by atoms with van der Waals surface area (Å²) in [5, 5.41) is 35.0. The van der Waals surface area contributed by atoms with E-state index < -0.39 is 12.2 Å². The predicted molar refractivity (Wildman–Crippen MR) is 67.9 cm³/mol. The van der Waals surface area contributed by atoms with Crippen LogP contribution in [0.2, 0.25) is 0 Å². The zero-order valence-corrected chi connectivity index (χ0v) is 11.2. The van der Waals surface area contributed by atoms with E-state index >= 15 is 0 Å². The van der Waals surface area contributed by atoms with E-state index in [1.807, 2.05) is 0 Å². The van der Waals surface area contributed by atoms with Gasteiger partial charge in [-0.1, -0.05) is 0 Å². The molecule has 0 rings (SSSR count). The Morgan fingerprint density at radius 3 is 1.37 bits per heavy atom. The summed E-state index contributed by atoms with van der Waals surface area (Å²) in [6.45, 7) is 1.79. The van der Waals surface area contributed by atoms with Crippen LogP contribution in [0.1, 0.15) is 12.8 Å². The van der Waals surface area contributed by atoms with E-state index in [-0.39, 0.29) is 26.4 Å². The van der Waals surface area contributed by atoms with E-state index in [1.54, 1.807) is 0 Å². The van der Waals surface area contributed by atoms with Gasteiger partial charge >= 0.3 is 0 Å². The molecule has 0 fully saturated rings. The van der Waals surface area contributed by atoms with Crippen LogP contribution < -0.4 is 0 Å². The Labute approximate surface area is 113 Å². The minimum absolute atomic E-state index is 0.136. The average molecular weight is 282 g/mol. The van der Waals surface area contributed by atoms with Crippen molar-refractivity contribution in [2.24, 2.45) is 0 Å². The first-order valence-electron chi connectivity index (χ1n) is 6.51. The van der Waals surface area contributed by atoms with Gasteiger partial charge in [0.15, 0.2) is 0 Å². The lowest BCUT2D eigenvalue weighted by atomic mass is 10.4. The van der Waals surface area contributed by atoms with E-state index in [1.165, 1.54) is 0 Å². The van der Waals surface area contributed by atoms with Gasteiger partial charge in [0.25, 0.3) is 0 Å². The van der Waals surface area contributed by atoms with Crippen LogP contribution in [0.3, 0.4) is 0 Å². The van der Waals surface area contributed by atoms with Gasteiger partial charge in [0, 0.05) is 26.4 Å². The van der Waals surface area contributed by atoms with Gasteiger partial charge in [-0.3, -0.25) is 0 Å². The first-order valence-corrected chi connectivity index (χ1v) is 6.51. The van der Waals surface area contributed by atoms with Crippen molar-refractivity contribution in [1.29, 1.82) is 0 Å². The van der Waals surface area contributed by atoms with Crippen LogP contribution >= 0.6 is 0 Å². The van der Waals surface area contributed by atoms with Crippen molar-refractivity contribution in [1.82, 2.24) is 0 Å². The highest BCUT2D eigenvalue weighted by Gasteiger charge is 2.01. The second-order valence-corrected chi connectivity index (χ2v) is 4.14. The minimum atomic E-state index is -0.813. The zero-order valence-electron chi connectivity index (χ0n) is 11.2. The van der Waals surface area contributed by atoms with Crippen LogP contribution in [0.25, 0.3) is 0 Å². The molecule has 0 aromatic heterocycles. The Balaban J connectivity index is 3.03. The fourth-order valence-electron chi connectivity index (χ4n) is 1.17. The maximum atomic E-state index is 8.98. The Bertz CT molecular complexity index is 161. The van der Waals surface area contributed by atoms with E-state index in [2.05, 4.69) is 0 Å². The molecule has 0 aliphatic carbocycles. The molecule has 7 heteroatoms. The highest BCUT2D eigenvalue weighted by Crippen LogP contribution is 1.91. The third-order valence-electron chi connectivity index (χ3n) is 2.20. The smallest absolute Gasteiger partial charge is 0.100 e. The number of aliphatic hydroxyl groups excluding tert-OH is 4. The third-order valence-corrected chi connectivity index (χ3v) is 2.20. The van der Waals surface area contributed by atoms with Gasteiger partial charge in [0.05, 0.1) is 26.4 Å². The van der Waals surface area contributed by atoms with Gasteiger partial charge in [-0.05, 0) is 12.8 Å². The molecule has 0 heterocycles. The molecule has 0 aliphatic rings. The molecule has 0 amide bonds. The highest BCUT2D eigenvalue weighted by molar-refractivity contribution is 4.49. The van der Waals surface area contributed by atoms with Gasteiger partial charge in [0.1, 0.15) is 12.2 Å². The molecule has 4 N–H and O–H groups in total. The lowest BCUT2D eigenvalue weighted by Crippen LogP contribution is -2.20. The van der Waals surface area contributed by atoms with Crippen molar-refractivity contribution in [3.63, 3.8) is 0 Å². The van der Waals surface area contributed by atoms with Crippen molar-refractivity contribution in [3.8, 4) is 0 Å². The van der Waals surface area contributed by atoms with Crippen molar-refractivity contribution in [2.45, 2.75) is 25.0 Å². The van der Waals surface area contributed by atoms with Gasteiger partial charge < -0.3 is 34.6 Å². The molecule has 116 valence electrons. The summed E-state index contributed by atoms with van der Waals surface area (Å²) >= 11 is 0. The largest absolute Gasteiger partial charge is 0.394 e. The summed E-state index contributed by atoms with van der Waals surface area (Å²) in [5.74, 6) is 0. The molecule has 19 heavy (non-hydrogen) atoms. The Morgan fingerprint density at radius 1 is 0.632 bits per heavy atom. The molecule has 0 aromatic rings. The lowest BCUT2D eigenvalue weighted by Gasteiger charge is -2.09. The van der Waals surface area contributed by atoms with Crippen LogP contribution in [0.5, 0.6) is 0 Å². The predicted octanol–water partition coefficient (Wildman–Crippen LogP) is -1.48. The number of hydrogen-bond donors (Lipinski definition) is 4. The highest BCUT2D eigenvalue weighted by atomic mass is 16.5. The van der Waals surface area contributed by atoms with Crippen molar-refractivity contribution < 1.29 is 34.6 Å². The summed E-state index contributed by atoms with van der Waals surface area (Å²) in [7, 11) is 0. The van der Waals surface area contributed by atoms with Gasteiger partial charge in [-0.15, -0.1) is 0 Å². The Kier molecular flexibility index (Phi) is 13.9. The monoisotopic (exact) mass is 282 g/mol. The molecule has 0 bridgehead atoms. The molecule has 0 aromatic carbocycles. The van der Waals surface area contributed by atoms with Gasteiger partial charge in [0.2, 0.25) is 0 Å². The summed E-state index contributed by atoms with van der Waals surface area (Å²) in [6.07, 6.45) is -0.176. The van der Waals surface area contributed by atoms with Crippen LogP contribution in [0, 0.1) is 0 Å². The average Bonchev–Trinajstić information content (AvgIpc) is 2.43. The zero-order chi connectivity index (χ0) is 14.3. The second-order valence-electron chi connectivity index (χ2n) is 4.14. The third kappa shape index (κ3) is 13.9. The normalized spacial score (nSPS) is 14.5. The number of hydrogen-bond acceptors (Lipinski definition) is 7. The summed E-state index contributed by atoms with van der Waals surface area (Å²) < 4.78 is 15.5. The lowest BCUT2D eigenvalue weighted by molar-refractivity contribution is -0.00715. The topological polar surface area (TPSA) is 109 Å². The van der Waals surface area contributed by atoms with Crippen molar-refractivity contribution in [3.05, 3.63) is 0 Å². The molecule has 2 atom stereocenters. The molecular formula is C12H26O7. The molecular weight excluding hydrogens is 256 g/mol. The molecule has 0 saturated carbocycles. The number of rotatable bonds is 14. The van der Waals surface area contributed by atoms with Crippen molar-refractivity contribution >= 4 is 0 Å². The number of ether oxygens (including phenoxy) is 3. The van der Waals surface area contributed by atoms with Gasteiger partial charge in [-0.25, -0.2) is 0 Å². The van der Waals surface area contributed by atoms with Crippen LogP contribution in [-0.2, 0) is 14.2 Å². The standard InChI is InChI=1S/C12H26O7/c13-7-11(15)9-18-5-1-3-17-4-2-6-19-10-12(16)8-14/h11-16H,1-10H2. The van der Waals surface area contributed by atoms with Crippen molar-refractivity contribution in [2.75, 3.05) is 52.9 Å². The van der Waals surface area contributed by atoms with E-state index in [4.69, 9.17) is 34.6 Å². The van der Waals surface area contributed by atoms with Crippen LogP contribution in [0.4, 0.5) is 0 Å². The van der Waals surface area contributed by atoms with E-state index in [0.29, 0.717) is 26.4 Å². The maximum absolute atomic E-state index is 8.98. The summed E-state index contributed by atoms with van der Waals surface area (Å²) in [4.78, 5) is 0. The molecule has 0 aliphatic heterocycles. The quantitative estimate of drug-likeness (QED) is 0.288. The SMILES string of the molecule is OCC(O)COCCCOCCCOCC(O)CO. The number of aliphatic hydroxyl groups is 4. The first kappa shape index (κ1) is 18.7. The van der Waals surface area contributed by atoms with E-state index in [9.17, 15) is 0 Å². The molecule has 7 nitrogen and oxygen atoms in total. The Morgan fingerprint density at radius 2 is 1.00 bits per heavy atom. The molecule has 0 spiro atoms. The summed E-state index contributed by atoms with van der Waals surface area (Å²) in [5.41, 5.74) is 0.